The summed E-state index contributed by atoms with van der Waals surface area (Å²) < 4.78 is 3.80. The molecule has 0 aliphatic carbocycles. The third kappa shape index (κ3) is 2.07. The van der Waals surface area contributed by atoms with Crippen molar-refractivity contribution < 1.29 is 4.79 Å². The van der Waals surface area contributed by atoms with Gasteiger partial charge >= 0.3 is 0 Å². The van der Waals surface area contributed by atoms with E-state index in [1.54, 1.807) is 6.20 Å². The Bertz CT molecular complexity index is 769. The van der Waals surface area contributed by atoms with Crippen molar-refractivity contribution in [3.63, 3.8) is 0 Å². The predicted octanol–water partition coefficient (Wildman–Crippen LogP) is 1.84. The van der Waals surface area contributed by atoms with Gasteiger partial charge < -0.3 is 14.5 Å². The van der Waals surface area contributed by atoms with Gasteiger partial charge in [-0.25, -0.2) is 4.98 Å². The van der Waals surface area contributed by atoms with E-state index < -0.39 is 0 Å². The van der Waals surface area contributed by atoms with Gasteiger partial charge in [0.05, 0.1) is 6.54 Å². The lowest BCUT2D eigenvalue weighted by Gasteiger charge is -2.06. The van der Waals surface area contributed by atoms with E-state index in [1.165, 1.54) is 0 Å². The normalized spacial score (nSPS) is 10.9. The molecule has 5 heteroatoms. The molecule has 0 fully saturated rings. The average molecular weight is 268 g/mol. The fourth-order valence-electron chi connectivity index (χ4n) is 2.32. The average Bonchev–Trinajstić information content (AvgIpc) is 3.01. The monoisotopic (exact) mass is 268 g/mol. The topological polar surface area (TPSA) is 51.9 Å². The molecule has 20 heavy (non-hydrogen) atoms. The van der Waals surface area contributed by atoms with Gasteiger partial charge in [0.15, 0.2) is 0 Å². The van der Waals surface area contributed by atoms with E-state index in [0.717, 1.165) is 16.7 Å². The molecule has 0 saturated carbocycles. The molecule has 2 heterocycles. The van der Waals surface area contributed by atoms with Crippen LogP contribution in [0.1, 0.15) is 16.3 Å². The highest BCUT2D eigenvalue weighted by atomic mass is 16.1. The minimum absolute atomic E-state index is 0.0910. The van der Waals surface area contributed by atoms with Crippen LogP contribution in [0.2, 0.25) is 0 Å². The van der Waals surface area contributed by atoms with Gasteiger partial charge in [0, 0.05) is 37.4 Å². The zero-order valence-corrected chi connectivity index (χ0v) is 11.5. The van der Waals surface area contributed by atoms with Gasteiger partial charge in [0.25, 0.3) is 5.91 Å². The van der Waals surface area contributed by atoms with Gasteiger partial charge in [-0.1, -0.05) is 18.2 Å². The van der Waals surface area contributed by atoms with E-state index in [-0.39, 0.29) is 5.91 Å². The first kappa shape index (κ1) is 12.5. The third-order valence-electron chi connectivity index (χ3n) is 3.51. The number of imidazole rings is 1. The summed E-state index contributed by atoms with van der Waals surface area (Å²) in [5, 5.41) is 3.97. The van der Waals surface area contributed by atoms with Crippen molar-refractivity contribution in [2.75, 3.05) is 0 Å². The molecule has 0 spiro atoms. The predicted molar refractivity (Wildman–Crippen MR) is 77.3 cm³/mol. The van der Waals surface area contributed by atoms with Crippen molar-refractivity contribution in [2.45, 2.75) is 6.54 Å². The van der Waals surface area contributed by atoms with Gasteiger partial charge in [0.2, 0.25) is 0 Å². The molecular formula is C15H16N4O. The number of fused-ring (bicyclic) bond motifs is 1. The second kappa shape index (κ2) is 4.85. The Labute approximate surface area is 116 Å². The number of nitrogens with zero attached hydrogens (tertiary/aromatic N) is 3. The Morgan fingerprint density at radius 2 is 2.10 bits per heavy atom. The third-order valence-corrected chi connectivity index (χ3v) is 3.51. The maximum atomic E-state index is 12.3. The van der Waals surface area contributed by atoms with Crippen molar-refractivity contribution in [3.05, 3.63) is 54.2 Å². The Morgan fingerprint density at radius 3 is 2.80 bits per heavy atom. The Morgan fingerprint density at radius 1 is 1.30 bits per heavy atom. The van der Waals surface area contributed by atoms with Crippen LogP contribution in [0, 0.1) is 0 Å². The highest BCUT2D eigenvalue weighted by Crippen LogP contribution is 2.18. The molecule has 5 nitrogen and oxygen atoms in total. The highest BCUT2D eigenvalue weighted by molar-refractivity contribution is 5.98. The molecule has 2 aromatic heterocycles. The van der Waals surface area contributed by atoms with E-state index in [2.05, 4.69) is 10.3 Å². The molecule has 1 aromatic carbocycles. The number of benzene rings is 1. The maximum absolute atomic E-state index is 12.3. The minimum Gasteiger partial charge on any atom is -0.344 e. The molecule has 102 valence electrons. The molecule has 0 aliphatic rings. The van der Waals surface area contributed by atoms with E-state index in [0.29, 0.717) is 12.2 Å². The molecule has 0 aliphatic heterocycles. The number of para-hydroxylation sites is 1. The zero-order chi connectivity index (χ0) is 14.1. The second-order valence-electron chi connectivity index (χ2n) is 4.78. The number of hydrogen-bond acceptors (Lipinski definition) is 2. The van der Waals surface area contributed by atoms with Gasteiger partial charge in [-0.05, 0) is 12.1 Å². The fraction of sp³-hybridized carbons (Fsp3) is 0.200. The van der Waals surface area contributed by atoms with Crippen LogP contribution in [-0.4, -0.2) is 20.0 Å². The van der Waals surface area contributed by atoms with Gasteiger partial charge in [-0.3, -0.25) is 4.79 Å². The summed E-state index contributed by atoms with van der Waals surface area (Å²) in [6.45, 7) is 0.420. The summed E-state index contributed by atoms with van der Waals surface area (Å²) in [6.07, 6.45) is 3.58. The van der Waals surface area contributed by atoms with Crippen LogP contribution in [0.4, 0.5) is 0 Å². The van der Waals surface area contributed by atoms with Crippen LogP contribution in [0.25, 0.3) is 10.9 Å². The maximum Gasteiger partial charge on any atom is 0.268 e. The summed E-state index contributed by atoms with van der Waals surface area (Å²) in [5.74, 6) is 0.740. The summed E-state index contributed by atoms with van der Waals surface area (Å²) in [4.78, 5) is 16.5. The van der Waals surface area contributed by atoms with E-state index in [9.17, 15) is 4.79 Å². The van der Waals surface area contributed by atoms with Gasteiger partial charge in [0.1, 0.15) is 11.5 Å². The molecule has 0 radical (unpaired) electrons. The molecule has 1 N–H and O–H groups in total. The summed E-state index contributed by atoms with van der Waals surface area (Å²) in [7, 11) is 3.81. The van der Waals surface area contributed by atoms with Crippen LogP contribution < -0.4 is 5.32 Å². The molecule has 3 rings (SSSR count). The lowest BCUT2D eigenvalue weighted by molar-refractivity contribution is 0.0942. The van der Waals surface area contributed by atoms with Crippen LogP contribution in [-0.2, 0) is 20.6 Å². The number of amides is 1. The van der Waals surface area contributed by atoms with E-state index >= 15 is 0 Å². The number of nitrogens with one attached hydrogen (secondary N) is 1. The second-order valence-corrected chi connectivity index (χ2v) is 4.78. The first-order chi connectivity index (χ1) is 9.66. The SMILES string of the molecule is Cn1ccnc1CNC(=O)c1cc2ccccc2n1C. The van der Waals surface area contributed by atoms with Crippen molar-refractivity contribution >= 4 is 16.8 Å². The quantitative estimate of drug-likeness (QED) is 0.788. The van der Waals surface area contributed by atoms with E-state index in [1.807, 2.05) is 59.8 Å². The molecule has 0 bridgehead atoms. The van der Waals surface area contributed by atoms with Crippen molar-refractivity contribution in [1.29, 1.82) is 0 Å². The first-order valence-electron chi connectivity index (χ1n) is 6.45. The highest BCUT2D eigenvalue weighted by Gasteiger charge is 2.13. The van der Waals surface area contributed by atoms with Gasteiger partial charge in [-0.2, -0.15) is 0 Å². The summed E-state index contributed by atoms with van der Waals surface area (Å²) in [5.41, 5.74) is 1.70. The Hall–Kier alpha value is -2.56. The summed E-state index contributed by atoms with van der Waals surface area (Å²) >= 11 is 0. The number of aryl methyl sites for hydroxylation is 2. The molecule has 1 amide bonds. The minimum atomic E-state index is -0.0910. The van der Waals surface area contributed by atoms with E-state index in [4.69, 9.17) is 0 Å². The Kier molecular flexibility index (Phi) is 3.02. The largest absolute Gasteiger partial charge is 0.344 e. The number of carbonyl (C=O) groups excluding carboxylic acids is 1. The van der Waals surface area contributed by atoms with Crippen LogP contribution in [0.15, 0.2) is 42.7 Å². The number of aromatic nitrogens is 3. The molecular weight excluding hydrogens is 252 g/mol. The summed E-state index contributed by atoms with van der Waals surface area (Å²) in [6, 6.07) is 9.86. The molecule has 0 saturated heterocycles. The van der Waals surface area contributed by atoms with Crippen LogP contribution in [0.3, 0.4) is 0 Å². The van der Waals surface area contributed by atoms with Crippen LogP contribution >= 0.6 is 0 Å². The molecule has 3 aromatic rings. The van der Waals surface area contributed by atoms with Crippen LogP contribution in [0.5, 0.6) is 0 Å². The van der Waals surface area contributed by atoms with Gasteiger partial charge in [-0.15, -0.1) is 0 Å². The standard InChI is InChI=1S/C15H16N4O/c1-18-8-7-16-14(18)10-17-15(20)13-9-11-5-3-4-6-12(11)19(13)2/h3-9H,10H2,1-2H3,(H,17,20). The number of carbonyl (C=O) groups is 1. The lowest BCUT2D eigenvalue weighted by atomic mass is 10.2. The lowest BCUT2D eigenvalue weighted by Crippen LogP contribution is -2.26. The van der Waals surface area contributed by atoms with Crippen molar-refractivity contribution in [1.82, 2.24) is 19.4 Å². The smallest absolute Gasteiger partial charge is 0.268 e. The zero-order valence-electron chi connectivity index (χ0n) is 11.5. The number of hydrogen-bond donors (Lipinski definition) is 1. The first-order valence-corrected chi connectivity index (χ1v) is 6.45. The molecule has 0 atom stereocenters. The Balaban J connectivity index is 1.82. The fourth-order valence-corrected chi connectivity index (χ4v) is 2.32. The number of rotatable bonds is 3. The van der Waals surface area contributed by atoms with Crippen molar-refractivity contribution in [2.24, 2.45) is 14.1 Å². The van der Waals surface area contributed by atoms with Crippen molar-refractivity contribution in [3.8, 4) is 0 Å². The molecule has 0 unspecified atom stereocenters.